The van der Waals surface area contributed by atoms with Crippen LogP contribution in [0, 0.1) is 0 Å². The first kappa shape index (κ1) is 16.1. The Bertz CT molecular complexity index is 695. The molecule has 1 heterocycles. The van der Waals surface area contributed by atoms with Gasteiger partial charge in [0.15, 0.2) is 5.78 Å². The number of alkyl halides is 3. The van der Waals surface area contributed by atoms with E-state index in [1.54, 1.807) is 6.92 Å². The zero-order valence-corrected chi connectivity index (χ0v) is 12.5. The molecule has 0 N–H and O–H groups in total. The van der Waals surface area contributed by atoms with E-state index in [2.05, 4.69) is 4.98 Å². The molecule has 0 aliphatic carbocycles. The third-order valence-electron chi connectivity index (χ3n) is 2.96. The summed E-state index contributed by atoms with van der Waals surface area (Å²) in [6.07, 6.45) is -5.40. The van der Waals surface area contributed by atoms with Gasteiger partial charge >= 0.3 is 6.18 Å². The third-order valence-corrected chi connectivity index (χ3v) is 3.68. The fourth-order valence-electron chi connectivity index (χ4n) is 1.95. The van der Waals surface area contributed by atoms with Crippen molar-refractivity contribution < 1.29 is 18.0 Å². The molecule has 21 heavy (non-hydrogen) atoms. The Hall–Kier alpha value is -1.27. The summed E-state index contributed by atoms with van der Waals surface area (Å²) in [6.45, 7) is 1.48. The molecule has 114 valence electrons. The van der Waals surface area contributed by atoms with Crippen LogP contribution in [-0.2, 0) is 17.8 Å². The number of imidazole rings is 1. The largest absolute Gasteiger partial charge is 0.396 e. The molecule has 0 aliphatic rings. The Labute approximate surface area is 128 Å². The number of nitrogens with zero attached hydrogens (tertiary/aromatic N) is 2. The topological polar surface area (TPSA) is 34.9 Å². The van der Waals surface area contributed by atoms with E-state index >= 15 is 0 Å². The van der Waals surface area contributed by atoms with E-state index in [0.717, 1.165) is 0 Å². The number of Topliss-reactive ketones (excluding diaryl/α,β-unsaturated/α-hetero) is 1. The maximum Gasteiger partial charge on any atom is 0.396 e. The van der Waals surface area contributed by atoms with Gasteiger partial charge in [-0.25, -0.2) is 4.98 Å². The van der Waals surface area contributed by atoms with Crippen molar-refractivity contribution in [2.45, 2.75) is 32.5 Å². The normalized spacial score (nSPS) is 12.1. The predicted molar refractivity (Wildman–Crippen MR) is 74.8 cm³/mol. The molecule has 3 nitrogen and oxygen atoms in total. The van der Waals surface area contributed by atoms with E-state index in [1.165, 1.54) is 16.7 Å². The van der Waals surface area contributed by atoms with Crippen molar-refractivity contribution in [3.05, 3.63) is 28.0 Å². The Kier molecular flexibility index (Phi) is 4.49. The summed E-state index contributed by atoms with van der Waals surface area (Å²) >= 11 is 11.7. The van der Waals surface area contributed by atoms with Crippen molar-refractivity contribution in [2.24, 2.45) is 0 Å². The summed E-state index contributed by atoms with van der Waals surface area (Å²) in [5.74, 6) is -0.415. The molecular formula is C13H11Cl2F3N2O. The van der Waals surface area contributed by atoms with Crippen LogP contribution in [0.25, 0.3) is 11.0 Å². The number of fused-ring (bicyclic) bond motifs is 1. The Balaban J connectivity index is 2.59. The van der Waals surface area contributed by atoms with E-state index in [1.807, 2.05) is 0 Å². The lowest BCUT2D eigenvalue weighted by Gasteiger charge is -2.10. The van der Waals surface area contributed by atoms with Gasteiger partial charge in [-0.15, -0.1) is 0 Å². The number of carbonyl (C=O) groups excluding carboxylic acids is 1. The molecule has 0 amide bonds. The number of rotatable bonds is 4. The van der Waals surface area contributed by atoms with Gasteiger partial charge in [0.05, 0.1) is 27.6 Å². The molecule has 0 unspecified atom stereocenters. The molecule has 0 saturated heterocycles. The molecule has 0 bridgehead atoms. The van der Waals surface area contributed by atoms with Crippen LogP contribution in [0.15, 0.2) is 12.1 Å². The van der Waals surface area contributed by atoms with Crippen LogP contribution in [0.3, 0.4) is 0 Å². The van der Waals surface area contributed by atoms with Gasteiger partial charge in [-0.3, -0.25) is 4.79 Å². The lowest BCUT2D eigenvalue weighted by atomic mass is 10.2. The molecule has 0 spiro atoms. The van der Waals surface area contributed by atoms with Crippen molar-refractivity contribution in [1.82, 2.24) is 9.55 Å². The fourth-order valence-corrected chi connectivity index (χ4v) is 2.26. The number of hydrogen-bond acceptors (Lipinski definition) is 2. The molecule has 0 radical (unpaired) electrons. The molecular weight excluding hydrogens is 328 g/mol. The smallest absolute Gasteiger partial charge is 0.320 e. The minimum absolute atomic E-state index is 0.170. The van der Waals surface area contributed by atoms with E-state index < -0.39 is 12.6 Å². The molecule has 8 heteroatoms. The molecule has 2 aromatic rings. The summed E-state index contributed by atoms with van der Waals surface area (Å²) < 4.78 is 39.2. The van der Waals surface area contributed by atoms with Gasteiger partial charge in [0, 0.05) is 6.42 Å². The summed E-state index contributed by atoms with van der Waals surface area (Å²) in [4.78, 5) is 15.5. The summed E-state index contributed by atoms with van der Waals surface area (Å²) in [5.41, 5.74) is 0.651. The van der Waals surface area contributed by atoms with Crippen LogP contribution in [0.4, 0.5) is 13.2 Å². The summed E-state index contributed by atoms with van der Waals surface area (Å²) in [5, 5.41) is 0.405. The van der Waals surface area contributed by atoms with Crippen molar-refractivity contribution in [2.75, 3.05) is 0 Å². The quantitative estimate of drug-likeness (QED) is 0.826. The van der Waals surface area contributed by atoms with Crippen molar-refractivity contribution in [3.8, 4) is 0 Å². The SMILES string of the molecule is CCC(=O)Cn1c(CC(F)(F)F)nc2cc(Cl)c(Cl)cc21. The number of carbonyl (C=O) groups is 1. The van der Waals surface area contributed by atoms with Crippen LogP contribution < -0.4 is 0 Å². The minimum Gasteiger partial charge on any atom is -0.320 e. The second-order valence-corrected chi connectivity index (χ2v) is 5.37. The number of ketones is 1. The highest BCUT2D eigenvalue weighted by Gasteiger charge is 2.31. The van der Waals surface area contributed by atoms with Crippen molar-refractivity contribution in [3.63, 3.8) is 0 Å². The fraction of sp³-hybridized carbons (Fsp3) is 0.385. The summed E-state index contributed by atoms with van der Waals surface area (Å²) in [6, 6.07) is 2.82. The molecule has 1 aromatic heterocycles. The average Bonchev–Trinajstić information content (AvgIpc) is 2.65. The predicted octanol–water partition coefficient (Wildman–Crippen LogP) is 4.43. The van der Waals surface area contributed by atoms with Crippen molar-refractivity contribution in [1.29, 1.82) is 0 Å². The standard InChI is InChI=1S/C13H11Cl2F3N2O/c1-2-7(21)6-20-11-4-9(15)8(14)3-10(11)19-12(20)5-13(16,17)18/h3-4H,2,5-6H2,1H3. The van der Waals surface area contributed by atoms with Crippen LogP contribution >= 0.6 is 23.2 Å². The minimum atomic E-state index is -4.41. The van der Waals surface area contributed by atoms with Gasteiger partial charge in [-0.2, -0.15) is 13.2 Å². The monoisotopic (exact) mass is 338 g/mol. The second kappa shape index (κ2) is 5.85. The van der Waals surface area contributed by atoms with E-state index in [4.69, 9.17) is 23.2 Å². The highest BCUT2D eigenvalue weighted by atomic mass is 35.5. The zero-order valence-electron chi connectivity index (χ0n) is 11.0. The van der Waals surface area contributed by atoms with Gasteiger partial charge in [-0.1, -0.05) is 30.1 Å². The molecule has 0 fully saturated rings. The molecule has 2 rings (SSSR count). The first-order chi connectivity index (χ1) is 9.71. The highest BCUT2D eigenvalue weighted by molar-refractivity contribution is 6.42. The van der Waals surface area contributed by atoms with E-state index in [9.17, 15) is 18.0 Å². The molecule has 0 saturated carbocycles. The van der Waals surface area contributed by atoms with Gasteiger partial charge in [0.25, 0.3) is 0 Å². The third kappa shape index (κ3) is 3.68. The number of halogens is 5. The lowest BCUT2D eigenvalue weighted by molar-refractivity contribution is -0.129. The number of benzene rings is 1. The second-order valence-electron chi connectivity index (χ2n) is 4.55. The highest BCUT2D eigenvalue weighted by Crippen LogP contribution is 2.30. The maximum absolute atomic E-state index is 12.6. The van der Waals surface area contributed by atoms with E-state index in [0.29, 0.717) is 5.52 Å². The Morgan fingerprint density at radius 2 is 1.90 bits per heavy atom. The Morgan fingerprint density at radius 3 is 2.48 bits per heavy atom. The van der Waals surface area contributed by atoms with E-state index in [-0.39, 0.29) is 40.1 Å². The van der Waals surface area contributed by atoms with Crippen LogP contribution in [0.2, 0.25) is 10.0 Å². The number of hydrogen-bond donors (Lipinski definition) is 0. The molecule has 1 aromatic carbocycles. The first-order valence-corrected chi connectivity index (χ1v) is 6.89. The van der Waals surface area contributed by atoms with Gasteiger partial charge < -0.3 is 4.57 Å². The van der Waals surface area contributed by atoms with Crippen LogP contribution in [0.1, 0.15) is 19.2 Å². The van der Waals surface area contributed by atoms with Crippen LogP contribution in [-0.4, -0.2) is 21.5 Å². The first-order valence-electron chi connectivity index (χ1n) is 6.14. The maximum atomic E-state index is 12.6. The van der Waals surface area contributed by atoms with Gasteiger partial charge in [-0.05, 0) is 12.1 Å². The lowest BCUT2D eigenvalue weighted by Crippen LogP contribution is -2.18. The molecule has 0 aliphatic heterocycles. The van der Waals surface area contributed by atoms with Gasteiger partial charge in [0.1, 0.15) is 12.2 Å². The average molecular weight is 339 g/mol. The van der Waals surface area contributed by atoms with Gasteiger partial charge in [0.2, 0.25) is 0 Å². The Morgan fingerprint density at radius 1 is 1.29 bits per heavy atom. The number of aromatic nitrogens is 2. The molecule has 0 atom stereocenters. The van der Waals surface area contributed by atoms with Crippen LogP contribution in [0.5, 0.6) is 0 Å². The zero-order chi connectivity index (χ0) is 15.8. The van der Waals surface area contributed by atoms with Crippen molar-refractivity contribution >= 4 is 40.0 Å². The summed E-state index contributed by atoms with van der Waals surface area (Å²) in [7, 11) is 0.